The molecule has 4 heteroatoms. The number of aryl methyl sites for hydroxylation is 2. The summed E-state index contributed by atoms with van der Waals surface area (Å²) in [7, 11) is 1.65. The minimum Gasteiger partial charge on any atom is -0.497 e. The van der Waals surface area contributed by atoms with Crippen LogP contribution in [0, 0.1) is 13.8 Å². The molecule has 2 aromatic rings. The molecule has 0 aliphatic carbocycles. The van der Waals surface area contributed by atoms with Gasteiger partial charge in [-0.05, 0) is 37.6 Å². The maximum absolute atomic E-state index is 5.51. The number of pyridine rings is 1. The van der Waals surface area contributed by atoms with Gasteiger partial charge in [0.1, 0.15) is 5.75 Å². The Morgan fingerprint density at radius 2 is 2.00 bits per heavy atom. The normalized spacial score (nSPS) is 10.5. The Bertz CT molecular complexity index is 537. The number of aromatic nitrogens is 1. The number of fused-ring (bicyclic) bond motifs is 1. The van der Waals surface area contributed by atoms with Gasteiger partial charge in [-0.2, -0.15) is 0 Å². The molecule has 3 N–H and O–H groups in total. The zero-order valence-electron chi connectivity index (χ0n) is 9.66. The molecule has 1 aromatic carbocycles. The second-order valence-corrected chi connectivity index (χ2v) is 3.80. The molecule has 0 fully saturated rings. The number of nitrogen functional groups attached to an aromatic ring is 1. The molecule has 0 atom stereocenters. The van der Waals surface area contributed by atoms with Crippen LogP contribution in [-0.4, -0.2) is 12.1 Å². The van der Waals surface area contributed by atoms with Crippen molar-refractivity contribution in [3.63, 3.8) is 0 Å². The number of hydrazine groups is 1. The fourth-order valence-electron chi connectivity index (χ4n) is 1.83. The van der Waals surface area contributed by atoms with Crippen molar-refractivity contribution in [3.05, 3.63) is 29.5 Å². The molecule has 0 aliphatic rings. The molecule has 1 heterocycles. The zero-order chi connectivity index (χ0) is 11.7. The largest absolute Gasteiger partial charge is 0.497 e. The van der Waals surface area contributed by atoms with Crippen LogP contribution in [-0.2, 0) is 0 Å². The Morgan fingerprint density at radius 3 is 2.62 bits per heavy atom. The minimum atomic E-state index is 0.812. The van der Waals surface area contributed by atoms with Gasteiger partial charge in [-0.25, -0.2) is 0 Å². The van der Waals surface area contributed by atoms with Crippen LogP contribution >= 0.6 is 0 Å². The highest BCUT2D eigenvalue weighted by Crippen LogP contribution is 2.29. The summed E-state index contributed by atoms with van der Waals surface area (Å²) in [5.74, 6) is 6.32. The first-order valence-electron chi connectivity index (χ1n) is 5.08. The lowest BCUT2D eigenvalue weighted by Crippen LogP contribution is -2.08. The number of rotatable bonds is 2. The Kier molecular flexibility index (Phi) is 2.66. The highest BCUT2D eigenvalue weighted by Gasteiger charge is 2.07. The third-order valence-corrected chi connectivity index (χ3v) is 2.60. The number of benzene rings is 1. The molecule has 0 bridgehead atoms. The van der Waals surface area contributed by atoms with E-state index >= 15 is 0 Å². The highest BCUT2D eigenvalue weighted by molar-refractivity contribution is 5.94. The molecule has 0 amide bonds. The van der Waals surface area contributed by atoms with Crippen LogP contribution in [0.25, 0.3) is 10.9 Å². The average Bonchev–Trinajstić information content (AvgIpc) is 2.28. The lowest BCUT2D eigenvalue weighted by atomic mass is 10.1. The van der Waals surface area contributed by atoms with E-state index in [4.69, 9.17) is 10.6 Å². The summed E-state index contributed by atoms with van der Waals surface area (Å²) in [4.78, 5) is 4.51. The van der Waals surface area contributed by atoms with Crippen molar-refractivity contribution in [2.24, 2.45) is 5.84 Å². The van der Waals surface area contributed by atoms with Gasteiger partial charge in [0.15, 0.2) is 0 Å². The number of ether oxygens (including phenoxy) is 1. The van der Waals surface area contributed by atoms with Gasteiger partial charge >= 0.3 is 0 Å². The first-order valence-corrected chi connectivity index (χ1v) is 5.08. The van der Waals surface area contributed by atoms with E-state index in [0.29, 0.717) is 0 Å². The SMILES string of the molecule is COc1cc(C)c2nc(C)cc(NN)c2c1. The fourth-order valence-corrected chi connectivity index (χ4v) is 1.83. The third-order valence-electron chi connectivity index (χ3n) is 2.60. The van der Waals surface area contributed by atoms with Gasteiger partial charge in [-0.1, -0.05) is 0 Å². The van der Waals surface area contributed by atoms with Gasteiger partial charge in [0, 0.05) is 11.1 Å². The summed E-state index contributed by atoms with van der Waals surface area (Å²) in [6, 6.07) is 5.82. The summed E-state index contributed by atoms with van der Waals surface area (Å²) in [6.45, 7) is 3.96. The van der Waals surface area contributed by atoms with Crippen LogP contribution < -0.4 is 16.0 Å². The van der Waals surface area contributed by atoms with Gasteiger partial charge in [0.2, 0.25) is 0 Å². The van der Waals surface area contributed by atoms with Crippen LogP contribution in [0.5, 0.6) is 5.75 Å². The molecule has 84 valence electrons. The minimum absolute atomic E-state index is 0.812. The number of hydrogen-bond donors (Lipinski definition) is 2. The molecule has 4 nitrogen and oxygen atoms in total. The first kappa shape index (κ1) is 10.7. The molecule has 2 rings (SSSR count). The van der Waals surface area contributed by atoms with Crippen molar-refractivity contribution < 1.29 is 4.74 Å². The molecular weight excluding hydrogens is 202 g/mol. The van der Waals surface area contributed by atoms with Crippen molar-refractivity contribution in [2.75, 3.05) is 12.5 Å². The van der Waals surface area contributed by atoms with E-state index in [-0.39, 0.29) is 0 Å². The average molecular weight is 217 g/mol. The van der Waals surface area contributed by atoms with Crippen molar-refractivity contribution in [3.8, 4) is 5.75 Å². The number of nitrogens with zero attached hydrogens (tertiary/aromatic N) is 1. The Morgan fingerprint density at radius 1 is 1.25 bits per heavy atom. The smallest absolute Gasteiger partial charge is 0.119 e. The Labute approximate surface area is 94.4 Å². The predicted molar refractivity (Wildman–Crippen MR) is 65.6 cm³/mol. The summed E-state index contributed by atoms with van der Waals surface area (Å²) in [5.41, 5.74) is 6.53. The summed E-state index contributed by atoms with van der Waals surface area (Å²) in [6.07, 6.45) is 0. The number of methoxy groups -OCH3 is 1. The Balaban J connectivity index is 2.83. The van der Waals surface area contributed by atoms with E-state index < -0.39 is 0 Å². The Hall–Kier alpha value is -1.81. The number of hydrogen-bond acceptors (Lipinski definition) is 4. The fraction of sp³-hybridized carbons (Fsp3) is 0.250. The summed E-state index contributed by atoms with van der Waals surface area (Å²) in [5, 5.41) is 0.977. The molecule has 1 aromatic heterocycles. The first-order chi connectivity index (χ1) is 7.65. The summed E-state index contributed by atoms with van der Waals surface area (Å²) >= 11 is 0. The lowest BCUT2D eigenvalue weighted by molar-refractivity contribution is 0.415. The van der Waals surface area contributed by atoms with Gasteiger partial charge in [-0.15, -0.1) is 0 Å². The maximum atomic E-state index is 5.51. The molecule has 0 saturated heterocycles. The number of nitrogens with one attached hydrogen (secondary N) is 1. The van der Waals surface area contributed by atoms with Gasteiger partial charge in [0.05, 0.1) is 18.3 Å². The topological polar surface area (TPSA) is 60.2 Å². The van der Waals surface area contributed by atoms with E-state index in [0.717, 1.165) is 33.6 Å². The third kappa shape index (κ3) is 1.67. The highest BCUT2D eigenvalue weighted by atomic mass is 16.5. The predicted octanol–water partition coefficient (Wildman–Crippen LogP) is 2.15. The van der Waals surface area contributed by atoms with Crippen molar-refractivity contribution >= 4 is 16.6 Å². The second kappa shape index (κ2) is 3.98. The van der Waals surface area contributed by atoms with Crippen molar-refractivity contribution in [2.45, 2.75) is 13.8 Å². The van der Waals surface area contributed by atoms with Crippen molar-refractivity contribution in [1.82, 2.24) is 4.98 Å². The molecule has 0 spiro atoms. The van der Waals surface area contributed by atoms with E-state index in [1.165, 1.54) is 0 Å². The standard InChI is InChI=1S/C12H15N3O/c1-7-4-9(16-3)6-10-11(15-13)5-8(2)14-12(7)10/h4-6H,13H2,1-3H3,(H,14,15). The van der Waals surface area contributed by atoms with Crippen LogP contribution in [0.2, 0.25) is 0 Å². The van der Waals surface area contributed by atoms with Gasteiger partial charge < -0.3 is 10.2 Å². The van der Waals surface area contributed by atoms with Crippen LogP contribution in [0.15, 0.2) is 18.2 Å². The van der Waals surface area contributed by atoms with Crippen LogP contribution in [0.3, 0.4) is 0 Å². The molecule has 16 heavy (non-hydrogen) atoms. The molecule has 0 aliphatic heterocycles. The number of anilines is 1. The monoisotopic (exact) mass is 217 g/mol. The van der Waals surface area contributed by atoms with Crippen LogP contribution in [0.4, 0.5) is 5.69 Å². The van der Waals surface area contributed by atoms with Gasteiger partial charge in [0.25, 0.3) is 0 Å². The molecule has 0 saturated carbocycles. The molecular formula is C12H15N3O. The lowest BCUT2D eigenvalue weighted by Gasteiger charge is -2.10. The van der Waals surface area contributed by atoms with E-state index in [1.807, 2.05) is 32.0 Å². The number of nitrogens with two attached hydrogens (primary N) is 1. The van der Waals surface area contributed by atoms with Gasteiger partial charge in [-0.3, -0.25) is 10.8 Å². The molecule has 0 radical (unpaired) electrons. The quantitative estimate of drug-likeness (QED) is 0.597. The van der Waals surface area contributed by atoms with E-state index in [2.05, 4.69) is 10.4 Å². The van der Waals surface area contributed by atoms with E-state index in [9.17, 15) is 0 Å². The van der Waals surface area contributed by atoms with E-state index in [1.54, 1.807) is 7.11 Å². The van der Waals surface area contributed by atoms with Crippen molar-refractivity contribution in [1.29, 1.82) is 0 Å². The van der Waals surface area contributed by atoms with Crippen LogP contribution in [0.1, 0.15) is 11.3 Å². The maximum Gasteiger partial charge on any atom is 0.119 e. The zero-order valence-corrected chi connectivity index (χ0v) is 9.66. The second-order valence-electron chi connectivity index (χ2n) is 3.80. The summed E-state index contributed by atoms with van der Waals surface area (Å²) < 4.78 is 5.24. The molecule has 0 unspecified atom stereocenters.